The van der Waals surface area contributed by atoms with Gasteiger partial charge in [-0.05, 0) is 63.8 Å². The van der Waals surface area contributed by atoms with E-state index in [-0.39, 0.29) is 5.91 Å². The fraction of sp³-hybridized carbons (Fsp3) is 0.870. The predicted octanol–water partition coefficient (Wildman–Crippen LogP) is 2.23. The van der Waals surface area contributed by atoms with Crippen molar-refractivity contribution in [1.29, 1.82) is 0 Å². The summed E-state index contributed by atoms with van der Waals surface area (Å²) in [6, 6.07) is 1.97. The van der Waals surface area contributed by atoms with Gasteiger partial charge in [0.05, 0.1) is 6.17 Å². The van der Waals surface area contributed by atoms with E-state index in [2.05, 4.69) is 26.8 Å². The molecule has 3 N–H and O–H groups in total. The molecule has 2 saturated heterocycles. The Bertz CT molecular complexity index is 588. The highest BCUT2D eigenvalue weighted by atomic mass is 16.2. The molecule has 7 unspecified atom stereocenters. The second-order valence-corrected chi connectivity index (χ2v) is 9.58. The van der Waals surface area contributed by atoms with Crippen LogP contribution in [0.3, 0.4) is 0 Å². The zero-order valence-electron chi connectivity index (χ0n) is 17.5. The van der Waals surface area contributed by atoms with E-state index in [0.717, 1.165) is 25.9 Å². The minimum Gasteiger partial charge on any atom is -0.338 e. The quantitative estimate of drug-likeness (QED) is 0.649. The maximum Gasteiger partial charge on any atom is 0.219 e. The van der Waals surface area contributed by atoms with Crippen LogP contribution in [0.5, 0.6) is 0 Å². The monoisotopic (exact) mass is 386 g/mol. The van der Waals surface area contributed by atoms with Crippen molar-refractivity contribution >= 4 is 5.91 Å². The van der Waals surface area contributed by atoms with Gasteiger partial charge in [-0.25, -0.2) is 0 Å². The number of amides is 1. The minimum atomic E-state index is 0.256. The summed E-state index contributed by atoms with van der Waals surface area (Å²) < 4.78 is 0. The first-order chi connectivity index (χ1) is 13.6. The van der Waals surface area contributed by atoms with Crippen LogP contribution in [0, 0.1) is 24.2 Å². The van der Waals surface area contributed by atoms with Crippen LogP contribution in [0.4, 0.5) is 0 Å². The summed E-state index contributed by atoms with van der Waals surface area (Å²) in [6.07, 6.45) is 18.1. The van der Waals surface area contributed by atoms with Crippen LogP contribution < -0.4 is 16.0 Å². The van der Waals surface area contributed by atoms with E-state index in [1.807, 2.05) is 0 Å². The van der Waals surface area contributed by atoms with Gasteiger partial charge in [-0.15, -0.1) is 12.3 Å². The molecule has 0 spiro atoms. The molecule has 2 saturated carbocycles. The number of terminal acetylenes is 1. The molecular formula is C23H38N4O. The Morgan fingerprint density at radius 1 is 1.04 bits per heavy atom. The average Bonchev–Trinajstić information content (AvgIpc) is 3.14. The Morgan fingerprint density at radius 3 is 2.68 bits per heavy atom. The number of likely N-dealkylation sites (tertiary alicyclic amines) is 1. The maximum atomic E-state index is 12.1. The molecule has 4 fully saturated rings. The van der Waals surface area contributed by atoms with E-state index in [9.17, 15) is 4.79 Å². The topological polar surface area (TPSA) is 56.4 Å². The second-order valence-electron chi connectivity index (χ2n) is 9.58. The average molecular weight is 387 g/mol. The summed E-state index contributed by atoms with van der Waals surface area (Å²) in [5, 5.41) is 11.5. The number of hydrogen-bond donors (Lipinski definition) is 3. The van der Waals surface area contributed by atoms with Crippen LogP contribution in [-0.4, -0.2) is 54.2 Å². The number of hydrogen-bond acceptors (Lipinski definition) is 4. The van der Waals surface area contributed by atoms with Crippen molar-refractivity contribution in [2.75, 3.05) is 13.1 Å². The molecule has 1 amide bonds. The first-order valence-electron chi connectivity index (χ1n) is 11.6. The molecule has 2 aliphatic carbocycles. The molecule has 0 bridgehead atoms. The van der Waals surface area contributed by atoms with Gasteiger partial charge >= 0.3 is 0 Å². The lowest BCUT2D eigenvalue weighted by Gasteiger charge is -2.43. The molecule has 2 heterocycles. The first-order valence-corrected chi connectivity index (χ1v) is 11.6. The number of carbonyl (C=O) groups excluding carboxylic acids is 1. The second kappa shape index (κ2) is 9.15. The summed E-state index contributed by atoms with van der Waals surface area (Å²) in [6.45, 7) is 3.75. The lowest BCUT2D eigenvalue weighted by molar-refractivity contribution is -0.131. The lowest BCUT2D eigenvalue weighted by atomic mass is 9.80. The van der Waals surface area contributed by atoms with Crippen molar-refractivity contribution in [1.82, 2.24) is 20.9 Å². The van der Waals surface area contributed by atoms with Crippen LogP contribution in [0.15, 0.2) is 0 Å². The van der Waals surface area contributed by atoms with Gasteiger partial charge in [0.15, 0.2) is 0 Å². The molecule has 5 heteroatoms. The number of piperidine rings is 1. The molecule has 5 nitrogen and oxygen atoms in total. The molecule has 0 aromatic rings. The molecule has 0 aromatic carbocycles. The van der Waals surface area contributed by atoms with Crippen LogP contribution >= 0.6 is 0 Å². The van der Waals surface area contributed by atoms with Crippen molar-refractivity contribution in [3.63, 3.8) is 0 Å². The van der Waals surface area contributed by atoms with Crippen molar-refractivity contribution in [2.45, 2.75) is 101 Å². The zero-order chi connectivity index (χ0) is 19.5. The van der Waals surface area contributed by atoms with Crippen molar-refractivity contribution in [3.05, 3.63) is 0 Å². The Morgan fingerprint density at radius 2 is 1.86 bits per heavy atom. The van der Waals surface area contributed by atoms with E-state index < -0.39 is 0 Å². The van der Waals surface area contributed by atoms with Gasteiger partial charge in [-0.2, -0.15) is 0 Å². The lowest BCUT2D eigenvalue weighted by Crippen LogP contribution is -2.60. The highest BCUT2D eigenvalue weighted by Crippen LogP contribution is 2.37. The number of carbonyl (C=O) groups is 1. The summed E-state index contributed by atoms with van der Waals surface area (Å²) in [4.78, 5) is 14.3. The van der Waals surface area contributed by atoms with E-state index in [0.29, 0.717) is 42.2 Å². The Balaban J connectivity index is 1.32. The fourth-order valence-electron chi connectivity index (χ4n) is 6.34. The van der Waals surface area contributed by atoms with Crippen LogP contribution in [-0.2, 0) is 4.79 Å². The van der Waals surface area contributed by atoms with Gasteiger partial charge in [0.25, 0.3) is 0 Å². The highest BCUT2D eigenvalue weighted by molar-refractivity contribution is 5.74. The Labute approximate surface area is 170 Å². The van der Waals surface area contributed by atoms with Gasteiger partial charge in [-0.3, -0.25) is 10.1 Å². The molecule has 4 aliphatic rings. The molecule has 7 atom stereocenters. The Kier molecular flexibility index (Phi) is 6.60. The van der Waals surface area contributed by atoms with Crippen molar-refractivity contribution < 1.29 is 4.79 Å². The van der Waals surface area contributed by atoms with E-state index >= 15 is 0 Å². The largest absolute Gasteiger partial charge is 0.338 e. The van der Waals surface area contributed by atoms with Crippen molar-refractivity contribution in [3.8, 4) is 12.3 Å². The standard InChI is InChI=1S/C23H38N4O/c1-3-17-6-4-8-19(14-17)26-22-15-20(10-12-24-22)25-21-9-5-7-18-11-13-27(16(2)28)23(18)21/h1,17-26H,4-15H2,2H3. The third-order valence-corrected chi connectivity index (χ3v) is 7.69. The number of nitrogens with one attached hydrogen (secondary N) is 3. The van der Waals surface area contributed by atoms with Gasteiger partial charge in [0.2, 0.25) is 5.91 Å². The third kappa shape index (κ3) is 4.56. The summed E-state index contributed by atoms with van der Waals surface area (Å²) in [5.41, 5.74) is 0. The van der Waals surface area contributed by atoms with Gasteiger partial charge in [0, 0.05) is 43.6 Å². The number of nitrogens with zero attached hydrogens (tertiary/aromatic N) is 1. The van der Waals surface area contributed by atoms with Gasteiger partial charge in [-0.1, -0.05) is 12.8 Å². The molecule has 2 aliphatic heterocycles. The van der Waals surface area contributed by atoms with Gasteiger partial charge < -0.3 is 15.5 Å². The number of rotatable bonds is 4. The summed E-state index contributed by atoms with van der Waals surface area (Å²) in [7, 11) is 0. The Hall–Kier alpha value is -1.09. The fourth-order valence-corrected chi connectivity index (χ4v) is 6.34. The summed E-state index contributed by atoms with van der Waals surface area (Å²) >= 11 is 0. The van der Waals surface area contributed by atoms with Crippen LogP contribution in [0.25, 0.3) is 0 Å². The normalized spacial score (nSPS) is 41.3. The molecular weight excluding hydrogens is 348 g/mol. The minimum absolute atomic E-state index is 0.256. The SMILES string of the molecule is C#CC1CCCC(NC2CC(NC3CCCC4CCN(C(C)=O)C43)CCN2)C1. The van der Waals surface area contributed by atoms with E-state index in [1.165, 1.54) is 51.4 Å². The molecule has 0 aromatic heterocycles. The molecule has 156 valence electrons. The van der Waals surface area contributed by atoms with Crippen molar-refractivity contribution in [2.24, 2.45) is 11.8 Å². The summed E-state index contributed by atoms with van der Waals surface area (Å²) in [5.74, 6) is 4.37. The third-order valence-electron chi connectivity index (χ3n) is 7.69. The van der Waals surface area contributed by atoms with Gasteiger partial charge in [0.1, 0.15) is 0 Å². The maximum absolute atomic E-state index is 12.1. The highest BCUT2D eigenvalue weighted by Gasteiger charge is 2.43. The molecule has 0 radical (unpaired) electrons. The predicted molar refractivity (Wildman–Crippen MR) is 113 cm³/mol. The van der Waals surface area contributed by atoms with Crippen LogP contribution in [0.1, 0.15) is 71.1 Å². The number of fused-ring (bicyclic) bond motifs is 1. The van der Waals surface area contributed by atoms with E-state index in [4.69, 9.17) is 6.42 Å². The zero-order valence-corrected chi connectivity index (χ0v) is 17.5. The van der Waals surface area contributed by atoms with E-state index in [1.54, 1.807) is 6.92 Å². The van der Waals surface area contributed by atoms with Crippen LogP contribution in [0.2, 0.25) is 0 Å². The molecule has 28 heavy (non-hydrogen) atoms. The first kappa shape index (κ1) is 20.2. The molecule has 4 rings (SSSR count). The smallest absolute Gasteiger partial charge is 0.219 e.